The summed E-state index contributed by atoms with van der Waals surface area (Å²) in [6.45, 7) is 0. The fraction of sp³-hybridized carbons (Fsp3) is 0.500. The van der Waals surface area contributed by atoms with Crippen LogP contribution in [0.2, 0.25) is 0 Å². The molecule has 78 valence electrons. The van der Waals surface area contributed by atoms with Crippen molar-refractivity contribution in [2.45, 2.75) is 10.9 Å². The number of carbonyl (C=O) groups is 1. The molecule has 1 aromatic rings. The third-order valence-electron chi connectivity index (χ3n) is 1.74. The summed E-state index contributed by atoms with van der Waals surface area (Å²) in [6, 6.07) is -0.514. The van der Waals surface area contributed by atoms with Crippen LogP contribution in [0.25, 0.3) is 0 Å². The maximum atomic E-state index is 10.7. The van der Waals surface area contributed by atoms with Gasteiger partial charge in [-0.05, 0) is 7.05 Å². The number of rotatable bonds is 5. The summed E-state index contributed by atoms with van der Waals surface area (Å²) in [5, 5.41) is 15.5. The summed E-state index contributed by atoms with van der Waals surface area (Å²) >= 11 is 1.48. The highest BCUT2D eigenvalue weighted by atomic mass is 32.2. The number of aliphatic carboxylic acids is 1. The van der Waals surface area contributed by atoms with Crippen molar-refractivity contribution in [3.63, 3.8) is 0 Å². The number of aromatic nitrogens is 2. The first-order valence-corrected chi connectivity index (χ1v) is 5.13. The van der Waals surface area contributed by atoms with Crippen molar-refractivity contribution >= 4 is 17.7 Å². The van der Waals surface area contributed by atoms with Crippen molar-refractivity contribution in [1.29, 1.82) is 0 Å². The first-order valence-electron chi connectivity index (χ1n) is 4.15. The number of thioether (sulfide) groups is 1. The van der Waals surface area contributed by atoms with Gasteiger partial charge in [0.15, 0.2) is 0 Å². The van der Waals surface area contributed by atoms with Crippen LogP contribution in [0.1, 0.15) is 0 Å². The van der Waals surface area contributed by atoms with Crippen molar-refractivity contribution in [3.05, 3.63) is 12.4 Å². The van der Waals surface area contributed by atoms with E-state index >= 15 is 0 Å². The molecule has 6 heteroatoms. The Bertz CT molecular complexity index is 313. The first-order chi connectivity index (χ1) is 6.63. The van der Waals surface area contributed by atoms with E-state index in [1.807, 2.05) is 13.2 Å². The third-order valence-corrected chi connectivity index (χ3v) is 2.79. The summed E-state index contributed by atoms with van der Waals surface area (Å²) in [5.74, 6) is -0.332. The normalized spacial score (nSPS) is 12.7. The number of carboxylic acid groups (broad SMARTS) is 1. The minimum Gasteiger partial charge on any atom is -0.480 e. The fourth-order valence-corrected chi connectivity index (χ4v) is 1.95. The summed E-state index contributed by atoms with van der Waals surface area (Å²) in [5.41, 5.74) is 0. The minimum absolute atomic E-state index is 0.498. The van der Waals surface area contributed by atoms with E-state index in [4.69, 9.17) is 5.11 Å². The highest BCUT2D eigenvalue weighted by Crippen LogP contribution is 2.17. The molecule has 0 aliphatic rings. The van der Waals surface area contributed by atoms with Crippen molar-refractivity contribution < 1.29 is 9.90 Å². The standard InChI is InChI=1S/C8H13N3O2S/c1-9-7(8(12)13)5-14-6-3-10-11(2)4-6/h3-4,7,9H,5H2,1-2H3,(H,12,13). The van der Waals surface area contributed by atoms with Gasteiger partial charge in [-0.3, -0.25) is 9.48 Å². The van der Waals surface area contributed by atoms with Crippen LogP contribution in [0, 0.1) is 0 Å². The molecular formula is C8H13N3O2S. The smallest absolute Gasteiger partial charge is 0.321 e. The Morgan fingerprint density at radius 2 is 2.57 bits per heavy atom. The topological polar surface area (TPSA) is 67.2 Å². The van der Waals surface area contributed by atoms with Crippen LogP contribution in [-0.2, 0) is 11.8 Å². The lowest BCUT2D eigenvalue weighted by Crippen LogP contribution is -2.35. The molecule has 0 radical (unpaired) electrons. The lowest BCUT2D eigenvalue weighted by atomic mass is 10.3. The molecular weight excluding hydrogens is 202 g/mol. The van der Waals surface area contributed by atoms with Gasteiger partial charge in [0, 0.05) is 23.9 Å². The molecule has 0 spiro atoms. The average molecular weight is 215 g/mol. The first kappa shape index (κ1) is 11.1. The predicted octanol–water partition coefficient (Wildman–Crippen LogP) is 0.185. The van der Waals surface area contributed by atoms with Gasteiger partial charge in [0.2, 0.25) is 0 Å². The Labute approximate surface area is 86.5 Å². The van der Waals surface area contributed by atoms with E-state index in [1.54, 1.807) is 17.9 Å². The number of likely N-dealkylation sites (N-methyl/N-ethyl adjacent to an activating group) is 1. The quantitative estimate of drug-likeness (QED) is 0.686. The molecule has 0 fully saturated rings. The molecule has 1 unspecified atom stereocenters. The zero-order valence-electron chi connectivity index (χ0n) is 8.10. The molecule has 0 bridgehead atoms. The molecule has 5 nitrogen and oxygen atoms in total. The second-order valence-corrected chi connectivity index (χ2v) is 3.93. The van der Waals surface area contributed by atoms with E-state index in [0.29, 0.717) is 5.75 Å². The highest BCUT2D eigenvalue weighted by molar-refractivity contribution is 7.99. The molecule has 0 aromatic carbocycles. The second-order valence-electron chi connectivity index (χ2n) is 2.84. The molecule has 0 aliphatic heterocycles. The number of nitrogens with zero attached hydrogens (tertiary/aromatic N) is 2. The van der Waals surface area contributed by atoms with Crippen LogP contribution in [0.3, 0.4) is 0 Å². The van der Waals surface area contributed by atoms with E-state index < -0.39 is 12.0 Å². The van der Waals surface area contributed by atoms with Crippen LogP contribution in [0.5, 0.6) is 0 Å². The Balaban J connectivity index is 2.43. The van der Waals surface area contributed by atoms with Crippen LogP contribution in [-0.4, -0.2) is 39.7 Å². The van der Waals surface area contributed by atoms with Crippen molar-refractivity contribution in [2.24, 2.45) is 7.05 Å². The molecule has 0 saturated carbocycles. The van der Waals surface area contributed by atoms with Gasteiger partial charge in [-0.25, -0.2) is 0 Å². The van der Waals surface area contributed by atoms with Gasteiger partial charge in [-0.2, -0.15) is 5.10 Å². The number of hydrogen-bond donors (Lipinski definition) is 2. The SMILES string of the molecule is CNC(CSc1cnn(C)c1)C(=O)O. The van der Waals surface area contributed by atoms with E-state index in [2.05, 4.69) is 10.4 Å². The van der Waals surface area contributed by atoms with Gasteiger partial charge in [-0.1, -0.05) is 0 Å². The van der Waals surface area contributed by atoms with Gasteiger partial charge in [0.05, 0.1) is 6.20 Å². The van der Waals surface area contributed by atoms with Crippen LogP contribution in [0.15, 0.2) is 17.3 Å². The summed E-state index contributed by atoms with van der Waals surface area (Å²) in [7, 11) is 3.47. The zero-order valence-corrected chi connectivity index (χ0v) is 8.91. The number of hydrogen-bond acceptors (Lipinski definition) is 4. The fourth-order valence-electron chi connectivity index (χ4n) is 0.931. The van der Waals surface area contributed by atoms with Gasteiger partial charge in [0.1, 0.15) is 6.04 Å². The Kier molecular flexibility index (Phi) is 3.97. The molecule has 0 saturated heterocycles. The van der Waals surface area contributed by atoms with Gasteiger partial charge in [-0.15, -0.1) is 11.8 Å². The number of aryl methyl sites for hydroxylation is 1. The maximum absolute atomic E-state index is 10.7. The molecule has 1 atom stereocenters. The molecule has 0 aliphatic carbocycles. The summed E-state index contributed by atoms with van der Waals surface area (Å²) in [6.07, 6.45) is 3.58. The molecule has 14 heavy (non-hydrogen) atoms. The average Bonchev–Trinajstić information content (AvgIpc) is 2.52. The number of nitrogens with one attached hydrogen (secondary N) is 1. The lowest BCUT2D eigenvalue weighted by Gasteiger charge is -2.08. The van der Waals surface area contributed by atoms with Crippen molar-refractivity contribution in [3.8, 4) is 0 Å². The van der Waals surface area contributed by atoms with Gasteiger partial charge in [0.25, 0.3) is 0 Å². The Morgan fingerprint density at radius 3 is 3.00 bits per heavy atom. The van der Waals surface area contributed by atoms with Crippen LogP contribution in [0.4, 0.5) is 0 Å². The largest absolute Gasteiger partial charge is 0.480 e. The van der Waals surface area contributed by atoms with Crippen molar-refractivity contribution in [2.75, 3.05) is 12.8 Å². The monoisotopic (exact) mass is 215 g/mol. The Morgan fingerprint density at radius 1 is 1.86 bits per heavy atom. The maximum Gasteiger partial charge on any atom is 0.321 e. The van der Waals surface area contributed by atoms with Crippen LogP contribution >= 0.6 is 11.8 Å². The van der Waals surface area contributed by atoms with Gasteiger partial charge >= 0.3 is 5.97 Å². The summed E-state index contributed by atoms with van der Waals surface area (Å²) in [4.78, 5) is 11.6. The van der Waals surface area contributed by atoms with E-state index in [-0.39, 0.29) is 0 Å². The molecule has 1 rings (SSSR count). The second kappa shape index (κ2) is 5.02. The van der Waals surface area contributed by atoms with Crippen LogP contribution < -0.4 is 5.32 Å². The molecule has 0 amide bonds. The lowest BCUT2D eigenvalue weighted by molar-refractivity contribution is -0.138. The zero-order chi connectivity index (χ0) is 10.6. The van der Waals surface area contributed by atoms with E-state index in [9.17, 15) is 4.79 Å². The van der Waals surface area contributed by atoms with Crippen molar-refractivity contribution in [1.82, 2.24) is 15.1 Å². The molecule has 1 aromatic heterocycles. The third kappa shape index (κ3) is 3.04. The molecule has 2 N–H and O–H groups in total. The predicted molar refractivity (Wildman–Crippen MR) is 54.4 cm³/mol. The number of carboxylic acids is 1. The minimum atomic E-state index is -0.830. The molecule has 1 heterocycles. The van der Waals surface area contributed by atoms with E-state index in [0.717, 1.165) is 4.90 Å². The summed E-state index contributed by atoms with van der Waals surface area (Å²) < 4.78 is 1.69. The van der Waals surface area contributed by atoms with Gasteiger partial charge < -0.3 is 10.4 Å². The Hall–Kier alpha value is -1.01. The highest BCUT2D eigenvalue weighted by Gasteiger charge is 2.14. The van der Waals surface area contributed by atoms with E-state index in [1.165, 1.54) is 11.8 Å².